The van der Waals surface area contributed by atoms with Gasteiger partial charge in [-0.3, -0.25) is 9.98 Å². The third-order valence-electron chi connectivity index (χ3n) is 7.08. The Kier molecular flexibility index (Phi) is 10.8. The van der Waals surface area contributed by atoms with Crippen LogP contribution in [0.5, 0.6) is 11.5 Å². The summed E-state index contributed by atoms with van der Waals surface area (Å²) in [5, 5.41) is 24.7. The molecule has 0 amide bonds. The van der Waals surface area contributed by atoms with E-state index in [-0.39, 0.29) is 0 Å². The van der Waals surface area contributed by atoms with E-state index in [1.165, 1.54) is 51.4 Å². The van der Waals surface area contributed by atoms with Crippen molar-refractivity contribution in [2.75, 3.05) is 13.1 Å². The fourth-order valence-corrected chi connectivity index (χ4v) is 4.84. The number of phenolic OH excluding ortho intramolecular Hbond substituents is 2. The van der Waals surface area contributed by atoms with Crippen LogP contribution in [0.4, 0.5) is 0 Å². The Hall–Kier alpha value is -3.66. The summed E-state index contributed by atoms with van der Waals surface area (Å²) >= 11 is 0. The molecule has 0 aliphatic heterocycles. The molecule has 4 aromatic rings. The number of nitrogens with zero attached hydrogens (tertiary/aromatic N) is 2. The molecule has 0 saturated carbocycles. The van der Waals surface area contributed by atoms with Crippen LogP contribution in [-0.2, 0) is 0 Å². The molecule has 0 saturated heterocycles. The lowest BCUT2D eigenvalue weighted by atomic mass is 10.1. The minimum absolute atomic E-state index is 0.293. The SMILES string of the molecule is Oc1cc2ccccc2cc1C=NCCCCCCCCCCCCN=Cc1cc2ccccc2cc1O. The molecule has 4 rings (SSSR count). The van der Waals surface area contributed by atoms with Crippen molar-refractivity contribution in [2.45, 2.75) is 64.2 Å². The van der Waals surface area contributed by atoms with Crippen LogP contribution >= 0.6 is 0 Å². The first-order valence-corrected chi connectivity index (χ1v) is 14.1. The third kappa shape index (κ3) is 8.44. The molecule has 0 fully saturated rings. The monoisotopic (exact) mass is 508 g/mol. The van der Waals surface area contributed by atoms with Gasteiger partial charge in [-0.2, -0.15) is 0 Å². The summed E-state index contributed by atoms with van der Waals surface area (Å²) in [6.45, 7) is 1.63. The molecule has 0 bridgehead atoms. The van der Waals surface area contributed by atoms with Crippen LogP contribution in [0.25, 0.3) is 21.5 Å². The van der Waals surface area contributed by atoms with Gasteiger partial charge >= 0.3 is 0 Å². The molecule has 0 aromatic heterocycles. The Labute approximate surface area is 226 Å². The minimum atomic E-state index is 0.293. The second-order valence-electron chi connectivity index (χ2n) is 10.1. The van der Waals surface area contributed by atoms with Crippen molar-refractivity contribution in [2.24, 2.45) is 9.98 Å². The highest BCUT2D eigenvalue weighted by Gasteiger charge is 2.02. The quantitative estimate of drug-likeness (QED) is 0.124. The molecule has 198 valence electrons. The van der Waals surface area contributed by atoms with Crippen LogP contribution in [0.1, 0.15) is 75.3 Å². The van der Waals surface area contributed by atoms with Gasteiger partial charge in [-0.25, -0.2) is 0 Å². The molecule has 4 aromatic carbocycles. The first-order valence-electron chi connectivity index (χ1n) is 14.1. The first-order chi connectivity index (χ1) is 18.7. The summed E-state index contributed by atoms with van der Waals surface area (Å²) in [6.07, 6.45) is 16.0. The highest BCUT2D eigenvalue weighted by atomic mass is 16.3. The Balaban J connectivity index is 0.984. The van der Waals surface area contributed by atoms with Gasteiger partial charge in [-0.15, -0.1) is 0 Å². The third-order valence-corrected chi connectivity index (χ3v) is 7.08. The van der Waals surface area contributed by atoms with Crippen LogP contribution in [-0.4, -0.2) is 35.7 Å². The Morgan fingerprint density at radius 1 is 0.447 bits per heavy atom. The number of benzene rings is 4. The topological polar surface area (TPSA) is 65.2 Å². The van der Waals surface area contributed by atoms with E-state index in [4.69, 9.17) is 0 Å². The summed E-state index contributed by atoms with van der Waals surface area (Å²) in [4.78, 5) is 9.05. The molecule has 2 N–H and O–H groups in total. The lowest BCUT2D eigenvalue weighted by Gasteiger charge is -2.03. The van der Waals surface area contributed by atoms with Crippen molar-refractivity contribution in [1.82, 2.24) is 0 Å². The second kappa shape index (κ2) is 14.9. The van der Waals surface area contributed by atoms with E-state index in [0.717, 1.165) is 58.6 Å². The number of hydrogen-bond acceptors (Lipinski definition) is 4. The van der Waals surface area contributed by atoms with Gasteiger partial charge in [0.15, 0.2) is 0 Å². The maximum absolute atomic E-state index is 10.2. The second-order valence-corrected chi connectivity index (χ2v) is 10.1. The Morgan fingerprint density at radius 2 is 0.763 bits per heavy atom. The Bertz CT molecular complexity index is 1250. The standard InChI is InChI=1S/C34H40N2O2/c37-33-23-29-17-11-9-15-27(29)21-31(33)25-35-19-13-7-5-3-1-2-4-6-8-14-20-36-26-32-22-28-16-10-12-18-30(28)24-34(32)38/h9-12,15-18,21-26,37-38H,1-8,13-14,19-20H2. The van der Waals surface area contributed by atoms with Gasteiger partial charge in [0, 0.05) is 36.6 Å². The van der Waals surface area contributed by atoms with E-state index >= 15 is 0 Å². The lowest BCUT2D eigenvalue weighted by Crippen LogP contribution is -1.88. The van der Waals surface area contributed by atoms with E-state index in [1.807, 2.05) is 60.7 Å². The van der Waals surface area contributed by atoms with Crippen LogP contribution < -0.4 is 0 Å². The number of hydrogen-bond donors (Lipinski definition) is 2. The van der Waals surface area contributed by atoms with Crippen molar-refractivity contribution < 1.29 is 10.2 Å². The number of phenols is 2. The normalized spacial score (nSPS) is 11.9. The number of fused-ring (bicyclic) bond motifs is 2. The smallest absolute Gasteiger partial charge is 0.124 e. The number of aromatic hydroxyl groups is 2. The predicted octanol–water partition coefficient (Wildman–Crippen LogP) is 8.84. The molecule has 0 radical (unpaired) electrons. The van der Waals surface area contributed by atoms with Gasteiger partial charge in [0.1, 0.15) is 11.5 Å². The van der Waals surface area contributed by atoms with E-state index in [1.54, 1.807) is 12.4 Å². The van der Waals surface area contributed by atoms with Gasteiger partial charge in [-0.05, 0) is 58.7 Å². The molecular weight excluding hydrogens is 468 g/mol. The molecule has 4 heteroatoms. The minimum Gasteiger partial charge on any atom is -0.507 e. The van der Waals surface area contributed by atoms with Gasteiger partial charge in [0.2, 0.25) is 0 Å². The zero-order valence-corrected chi connectivity index (χ0v) is 22.4. The Morgan fingerprint density at radius 3 is 1.13 bits per heavy atom. The molecule has 0 aliphatic rings. The van der Waals surface area contributed by atoms with Crippen molar-refractivity contribution in [1.29, 1.82) is 0 Å². The van der Waals surface area contributed by atoms with Gasteiger partial charge in [0.05, 0.1) is 0 Å². The van der Waals surface area contributed by atoms with Crippen LogP contribution in [0.2, 0.25) is 0 Å². The number of rotatable bonds is 15. The van der Waals surface area contributed by atoms with E-state index < -0.39 is 0 Å². The fraction of sp³-hybridized carbons (Fsp3) is 0.353. The average molecular weight is 509 g/mol. The molecule has 38 heavy (non-hydrogen) atoms. The number of unbranched alkanes of at least 4 members (excludes halogenated alkanes) is 9. The molecule has 0 spiro atoms. The summed E-state index contributed by atoms with van der Waals surface area (Å²) in [7, 11) is 0. The summed E-state index contributed by atoms with van der Waals surface area (Å²) in [5.74, 6) is 0.586. The predicted molar refractivity (Wildman–Crippen MR) is 162 cm³/mol. The molecule has 0 heterocycles. The highest BCUT2D eigenvalue weighted by molar-refractivity contribution is 5.94. The van der Waals surface area contributed by atoms with E-state index in [9.17, 15) is 10.2 Å². The molecular formula is C34H40N2O2. The highest BCUT2D eigenvalue weighted by Crippen LogP contribution is 2.25. The van der Waals surface area contributed by atoms with Gasteiger partial charge < -0.3 is 10.2 Å². The zero-order chi connectivity index (χ0) is 26.4. The van der Waals surface area contributed by atoms with Crippen molar-refractivity contribution in [3.63, 3.8) is 0 Å². The van der Waals surface area contributed by atoms with E-state index in [0.29, 0.717) is 11.5 Å². The lowest BCUT2D eigenvalue weighted by molar-refractivity contribution is 0.474. The van der Waals surface area contributed by atoms with Crippen LogP contribution in [0, 0.1) is 0 Å². The van der Waals surface area contributed by atoms with Crippen molar-refractivity contribution in [3.05, 3.63) is 83.9 Å². The summed E-state index contributed by atoms with van der Waals surface area (Å²) in [6, 6.07) is 23.7. The number of aliphatic imine (C=N–C) groups is 2. The van der Waals surface area contributed by atoms with Gasteiger partial charge in [-0.1, -0.05) is 99.9 Å². The zero-order valence-electron chi connectivity index (χ0n) is 22.4. The maximum Gasteiger partial charge on any atom is 0.124 e. The first kappa shape index (κ1) is 27.4. The van der Waals surface area contributed by atoms with Crippen LogP contribution in [0.3, 0.4) is 0 Å². The molecule has 0 atom stereocenters. The van der Waals surface area contributed by atoms with Crippen LogP contribution in [0.15, 0.2) is 82.8 Å². The molecule has 0 unspecified atom stereocenters. The maximum atomic E-state index is 10.2. The largest absolute Gasteiger partial charge is 0.507 e. The van der Waals surface area contributed by atoms with Gasteiger partial charge in [0.25, 0.3) is 0 Å². The fourth-order valence-electron chi connectivity index (χ4n) is 4.84. The van der Waals surface area contributed by atoms with Crippen molar-refractivity contribution in [3.8, 4) is 11.5 Å². The molecule has 4 nitrogen and oxygen atoms in total. The van der Waals surface area contributed by atoms with Crippen molar-refractivity contribution >= 4 is 34.0 Å². The van der Waals surface area contributed by atoms with E-state index in [2.05, 4.69) is 22.1 Å². The summed E-state index contributed by atoms with van der Waals surface area (Å²) in [5.41, 5.74) is 1.58. The molecule has 0 aliphatic carbocycles. The summed E-state index contributed by atoms with van der Waals surface area (Å²) < 4.78 is 0. The average Bonchev–Trinajstić information content (AvgIpc) is 2.93.